The van der Waals surface area contributed by atoms with Gasteiger partial charge in [-0.25, -0.2) is 4.39 Å². The number of carbonyl (C=O) groups excluding carboxylic acids is 2. The fourth-order valence-corrected chi connectivity index (χ4v) is 5.96. The number of halogens is 3. The molecule has 7 heteroatoms. The molecule has 34 heavy (non-hydrogen) atoms. The van der Waals surface area contributed by atoms with E-state index in [1.54, 1.807) is 22.7 Å². The fourth-order valence-electron chi connectivity index (χ4n) is 3.05. The Balaban J connectivity index is 0.000000272. The van der Waals surface area contributed by atoms with Crippen LogP contribution in [-0.2, 0) is 9.59 Å². The van der Waals surface area contributed by atoms with E-state index in [2.05, 4.69) is 85.8 Å². The van der Waals surface area contributed by atoms with Gasteiger partial charge in [0.15, 0.2) is 0 Å². The first kappa shape index (κ1) is 25.9. The van der Waals surface area contributed by atoms with E-state index >= 15 is 0 Å². The molecular formula is C27H17Br2FO2S2. The minimum Gasteiger partial charge on any atom is -0.207 e. The van der Waals surface area contributed by atoms with Crippen LogP contribution in [0.25, 0.3) is 32.7 Å². The van der Waals surface area contributed by atoms with Crippen molar-refractivity contribution >= 4 is 60.7 Å². The molecule has 5 aromatic rings. The summed E-state index contributed by atoms with van der Waals surface area (Å²) in [5.74, 6) is -0.208. The van der Waals surface area contributed by atoms with Crippen molar-refractivity contribution in [3.8, 4) is 32.7 Å². The summed E-state index contributed by atoms with van der Waals surface area (Å²) in [5, 5.41) is 4.22. The Kier molecular flexibility index (Phi) is 10.1. The predicted octanol–water partition coefficient (Wildman–Crippen LogP) is 9.58. The average molecular weight is 616 g/mol. The zero-order chi connectivity index (χ0) is 24.3. The van der Waals surface area contributed by atoms with E-state index in [1.165, 1.54) is 37.5 Å². The lowest BCUT2D eigenvalue weighted by Crippen LogP contribution is -1.81. The van der Waals surface area contributed by atoms with Gasteiger partial charge in [-0.15, -0.1) is 22.7 Å². The summed E-state index contributed by atoms with van der Waals surface area (Å²) in [6.07, 6.45) is 0.250. The van der Waals surface area contributed by atoms with Crippen LogP contribution in [-0.4, -0.2) is 6.15 Å². The quantitative estimate of drug-likeness (QED) is 0.202. The SMILES string of the molecule is Brc1csc(Br)c1.Fc1ccc(-c2cccc(-c3csc(-c4ccccc4)c3)c2)cc1.O=C=O. The lowest BCUT2D eigenvalue weighted by molar-refractivity contribution is -0.191. The van der Waals surface area contributed by atoms with Gasteiger partial charge in [-0.3, -0.25) is 0 Å². The Bertz CT molecular complexity index is 1340. The monoisotopic (exact) mass is 614 g/mol. The van der Waals surface area contributed by atoms with Crippen molar-refractivity contribution in [3.05, 3.63) is 116 Å². The molecule has 2 nitrogen and oxygen atoms in total. The van der Waals surface area contributed by atoms with Crippen LogP contribution in [0.1, 0.15) is 0 Å². The van der Waals surface area contributed by atoms with Crippen molar-refractivity contribution in [1.82, 2.24) is 0 Å². The van der Waals surface area contributed by atoms with Crippen LogP contribution >= 0.6 is 54.5 Å². The van der Waals surface area contributed by atoms with Crippen LogP contribution in [0, 0.1) is 5.82 Å². The smallest absolute Gasteiger partial charge is 0.207 e. The van der Waals surface area contributed by atoms with Crippen LogP contribution < -0.4 is 0 Å². The first-order valence-corrected chi connectivity index (χ1v) is 13.2. The first-order chi connectivity index (χ1) is 16.5. The lowest BCUT2D eigenvalue weighted by atomic mass is 10.00. The Morgan fingerprint density at radius 1 is 0.618 bits per heavy atom. The van der Waals surface area contributed by atoms with Crippen molar-refractivity contribution in [1.29, 1.82) is 0 Å². The summed E-state index contributed by atoms with van der Waals surface area (Å²) in [4.78, 5) is 17.5. The van der Waals surface area contributed by atoms with E-state index in [-0.39, 0.29) is 12.0 Å². The highest BCUT2D eigenvalue weighted by Gasteiger charge is 2.06. The summed E-state index contributed by atoms with van der Waals surface area (Å²) in [6, 6.07) is 29.7. The van der Waals surface area contributed by atoms with E-state index in [0.29, 0.717) is 0 Å². The van der Waals surface area contributed by atoms with Crippen LogP contribution in [0.3, 0.4) is 0 Å². The van der Waals surface area contributed by atoms with Crippen LogP contribution in [0.15, 0.2) is 110 Å². The molecule has 0 N–H and O–H groups in total. The van der Waals surface area contributed by atoms with E-state index in [0.717, 1.165) is 15.6 Å². The van der Waals surface area contributed by atoms with E-state index in [4.69, 9.17) is 9.59 Å². The second kappa shape index (κ2) is 13.3. The van der Waals surface area contributed by atoms with Gasteiger partial charge >= 0.3 is 6.15 Å². The third kappa shape index (κ3) is 7.69. The third-order valence-electron chi connectivity index (χ3n) is 4.57. The van der Waals surface area contributed by atoms with Crippen LogP contribution in [0.2, 0.25) is 0 Å². The Hall–Kier alpha value is -2.67. The molecule has 2 aromatic heterocycles. The summed E-state index contributed by atoms with van der Waals surface area (Å²) in [6.45, 7) is 0. The summed E-state index contributed by atoms with van der Waals surface area (Å²) in [7, 11) is 0. The Labute approximate surface area is 222 Å². The van der Waals surface area contributed by atoms with Gasteiger partial charge in [0.2, 0.25) is 0 Å². The molecule has 0 aliphatic carbocycles. The normalized spacial score (nSPS) is 9.74. The standard InChI is InChI=1S/C22H15FS.C4H2Br2S.CO2/c23-21-11-9-16(10-12-21)18-7-4-8-19(13-18)20-14-22(24-15-20)17-5-2-1-3-6-17;5-3-1-4(6)7-2-3;2-1-3/h1-15H;1-2H;. The van der Waals surface area contributed by atoms with Crippen molar-refractivity contribution < 1.29 is 14.0 Å². The molecule has 0 amide bonds. The van der Waals surface area contributed by atoms with E-state index < -0.39 is 0 Å². The zero-order valence-electron chi connectivity index (χ0n) is 17.6. The summed E-state index contributed by atoms with van der Waals surface area (Å²) < 4.78 is 15.4. The molecule has 0 atom stereocenters. The minimum atomic E-state index is -0.208. The van der Waals surface area contributed by atoms with Gasteiger partial charge in [0, 0.05) is 14.7 Å². The number of thiophene rings is 2. The molecule has 0 spiro atoms. The van der Waals surface area contributed by atoms with Gasteiger partial charge < -0.3 is 0 Å². The van der Waals surface area contributed by atoms with Crippen molar-refractivity contribution in [3.63, 3.8) is 0 Å². The lowest BCUT2D eigenvalue weighted by Gasteiger charge is -2.04. The summed E-state index contributed by atoms with van der Waals surface area (Å²) in [5.41, 5.74) is 5.75. The highest BCUT2D eigenvalue weighted by molar-refractivity contribution is 9.11. The topological polar surface area (TPSA) is 34.1 Å². The number of rotatable bonds is 3. The molecule has 0 bridgehead atoms. The number of benzene rings is 3. The molecule has 0 radical (unpaired) electrons. The predicted molar refractivity (Wildman–Crippen MR) is 145 cm³/mol. The van der Waals surface area contributed by atoms with Crippen molar-refractivity contribution in [2.75, 3.05) is 0 Å². The highest BCUT2D eigenvalue weighted by Crippen LogP contribution is 2.34. The maximum atomic E-state index is 13.1. The van der Waals surface area contributed by atoms with E-state index in [9.17, 15) is 4.39 Å². The molecular weight excluding hydrogens is 599 g/mol. The average Bonchev–Trinajstić information content (AvgIpc) is 3.50. The van der Waals surface area contributed by atoms with Gasteiger partial charge in [-0.05, 0) is 95.4 Å². The van der Waals surface area contributed by atoms with Crippen LogP contribution in [0.4, 0.5) is 4.39 Å². The van der Waals surface area contributed by atoms with Gasteiger partial charge in [0.25, 0.3) is 0 Å². The molecule has 0 unspecified atom stereocenters. The van der Waals surface area contributed by atoms with E-state index in [1.807, 2.05) is 35.7 Å². The first-order valence-electron chi connectivity index (χ1n) is 9.89. The summed E-state index contributed by atoms with van der Waals surface area (Å²) >= 11 is 10.1. The van der Waals surface area contributed by atoms with Gasteiger partial charge in [0.1, 0.15) is 5.82 Å². The maximum absolute atomic E-state index is 13.1. The second-order valence-electron chi connectivity index (χ2n) is 6.81. The molecule has 170 valence electrons. The molecule has 2 heterocycles. The van der Waals surface area contributed by atoms with Crippen molar-refractivity contribution in [2.24, 2.45) is 0 Å². The molecule has 0 fully saturated rings. The molecule has 0 aliphatic rings. The van der Waals surface area contributed by atoms with Crippen LogP contribution in [0.5, 0.6) is 0 Å². The molecule has 5 rings (SSSR count). The van der Waals surface area contributed by atoms with Gasteiger partial charge in [-0.2, -0.15) is 9.59 Å². The minimum absolute atomic E-state index is 0.208. The van der Waals surface area contributed by atoms with Gasteiger partial charge in [0.05, 0.1) is 3.79 Å². The van der Waals surface area contributed by atoms with Gasteiger partial charge in [-0.1, -0.05) is 60.7 Å². The number of hydrogen-bond donors (Lipinski definition) is 0. The molecule has 0 saturated carbocycles. The molecule has 3 aromatic carbocycles. The molecule has 0 aliphatic heterocycles. The number of hydrogen-bond acceptors (Lipinski definition) is 4. The second-order valence-corrected chi connectivity index (χ2v) is 10.9. The molecule has 0 saturated heterocycles. The Morgan fingerprint density at radius 3 is 1.79 bits per heavy atom. The highest BCUT2D eigenvalue weighted by atomic mass is 79.9. The van der Waals surface area contributed by atoms with Crippen molar-refractivity contribution in [2.45, 2.75) is 0 Å². The zero-order valence-corrected chi connectivity index (χ0v) is 22.4. The largest absolute Gasteiger partial charge is 0.373 e. The third-order valence-corrected chi connectivity index (χ3v) is 7.81. The Morgan fingerprint density at radius 2 is 1.24 bits per heavy atom. The maximum Gasteiger partial charge on any atom is 0.373 e. The fraction of sp³-hybridized carbons (Fsp3) is 0.